The summed E-state index contributed by atoms with van der Waals surface area (Å²) in [4.78, 5) is 11.7. The van der Waals surface area contributed by atoms with E-state index in [2.05, 4.69) is 21.9 Å². The van der Waals surface area contributed by atoms with Gasteiger partial charge in [0.2, 0.25) is 0 Å². The second-order valence-electron chi connectivity index (χ2n) is 3.73. The molecule has 0 aliphatic carbocycles. The van der Waals surface area contributed by atoms with Crippen LogP contribution in [0.1, 0.15) is 19.0 Å². The van der Waals surface area contributed by atoms with Gasteiger partial charge in [-0.1, -0.05) is 25.6 Å². The quantitative estimate of drug-likeness (QED) is 0.830. The molecule has 4 nitrogen and oxygen atoms in total. The summed E-state index contributed by atoms with van der Waals surface area (Å²) in [5.74, 6) is 0.788. The van der Waals surface area contributed by atoms with Gasteiger partial charge in [-0.3, -0.25) is 0 Å². The first-order chi connectivity index (χ1) is 7.70. The summed E-state index contributed by atoms with van der Waals surface area (Å²) in [7, 11) is 1.94. The molecule has 2 aromatic heterocycles. The Kier molecular flexibility index (Phi) is 3.14. The maximum Gasteiger partial charge on any atom is 0.157 e. The molecule has 0 fully saturated rings. The molecule has 0 aliphatic heterocycles. The third-order valence-corrected chi connectivity index (χ3v) is 2.59. The number of aryl methyl sites for hydroxylation is 2. The van der Waals surface area contributed by atoms with Crippen LogP contribution in [0.4, 0.5) is 0 Å². The summed E-state index contributed by atoms with van der Waals surface area (Å²) in [6.45, 7) is 2.14. The number of rotatable bonds is 3. The van der Waals surface area contributed by atoms with Gasteiger partial charge in [0.25, 0.3) is 0 Å². The van der Waals surface area contributed by atoms with Crippen LogP contribution in [0.3, 0.4) is 0 Å². The molecule has 16 heavy (non-hydrogen) atoms. The third-order valence-electron chi connectivity index (χ3n) is 2.38. The molecule has 2 aromatic rings. The zero-order chi connectivity index (χ0) is 11.5. The molecule has 0 saturated heterocycles. The van der Waals surface area contributed by atoms with Crippen LogP contribution in [0.15, 0.2) is 18.6 Å². The first-order valence-electron chi connectivity index (χ1n) is 5.27. The minimum atomic E-state index is 0.624. The number of hydrogen-bond acceptors (Lipinski definition) is 3. The van der Waals surface area contributed by atoms with E-state index in [9.17, 15) is 0 Å². The van der Waals surface area contributed by atoms with Gasteiger partial charge in [0.1, 0.15) is 10.3 Å². The molecule has 0 radical (unpaired) electrons. The van der Waals surface area contributed by atoms with Crippen molar-refractivity contribution in [2.45, 2.75) is 19.8 Å². The molecular formula is C11H14N4S. The lowest BCUT2D eigenvalue weighted by molar-refractivity contribution is 0.860. The Morgan fingerprint density at radius 1 is 1.50 bits per heavy atom. The highest BCUT2D eigenvalue weighted by Gasteiger charge is 2.05. The number of H-pyrrole nitrogens is 1. The zero-order valence-corrected chi connectivity index (χ0v) is 10.2. The predicted molar refractivity (Wildman–Crippen MR) is 65.6 cm³/mol. The van der Waals surface area contributed by atoms with Gasteiger partial charge in [0, 0.05) is 12.7 Å². The van der Waals surface area contributed by atoms with Gasteiger partial charge in [0.15, 0.2) is 5.82 Å². The Morgan fingerprint density at radius 2 is 2.31 bits per heavy atom. The van der Waals surface area contributed by atoms with Crippen LogP contribution in [0.2, 0.25) is 0 Å². The van der Waals surface area contributed by atoms with Gasteiger partial charge < -0.3 is 9.55 Å². The highest BCUT2D eigenvalue weighted by atomic mass is 32.1. The van der Waals surface area contributed by atoms with Gasteiger partial charge in [0.05, 0.1) is 12.5 Å². The summed E-state index contributed by atoms with van der Waals surface area (Å²) in [6, 6.07) is 1.92. The predicted octanol–water partition coefficient (Wildman–Crippen LogP) is 2.49. The van der Waals surface area contributed by atoms with Crippen molar-refractivity contribution in [1.29, 1.82) is 0 Å². The van der Waals surface area contributed by atoms with E-state index in [1.165, 1.54) is 0 Å². The Labute approximate surface area is 99.4 Å². The van der Waals surface area contributed by atoms with Crippen molar-refractivity contribution in [3.63, 3.8) is 0 Å². The topological polar surface area (TPSA) is 46.5 Å². The van der Waals surface area contributed by atoms with E-state index in [1.807, 2.05) is 17.7 Å². The van der Waals surface area contributed by atoms with Crippen molar-refractivity contribution in [1.82, 2.24) is 19.5 Å². The molecule has 84 valence electrons. The maximum absolute atomic E-state index is 5.16. The van der Waals surface area contributed by atoms with Crippen LogP contribution in [-0.4, -0.2) is 19.5 Å². The molecular weight excluding hydrogens is 220 g/mol. The van der Waals surface area contributed by atoms with Crippen LogP contribution in [0.5, 0.6) is 0 Å². The Hall–Kier alpha value is -1.49. The fraction of sp³-hybridized carbons (Fsp3) is 0.364. The van der Waals surface area contributed by atoms with Crippen molar-refractivity contribution < 1.29 is 0 Å². The molecule has 0 bridgehead atoms. The minimum absolute atomic E-state index is 0.624. The molecule has 1 N–H and O–H groups in total. The Morgan fingerprint density at radius 3 is 2.94 bits per heavy atom. The first kappa shape index (κ1) is 11.0. The lowest BCUT2D eigenvalue weighted by Gasteiger charge is -2.05. The van der Waals surface area contributed by atoms with E-state index in [4.69, 9.17) is 12.2 Å². The molecule has 0 unspecified atom stereocenters. The standard InChI is InChI=1S/C11H14N4S/c1-3-4-8-5-10(16)14-11(13-8)9-6-12-7-15(9)2/h5-7H,3-4H2,1-2H3,(H,13,14,16). The fourth-order valence-electron chi connectivity index (χ4n) is 1.62. The maximum atomic E-state index is 5.16. The number of nitrogens with one attached hydrogen (secondary N) is 1. The van der Waals surface area contributed by atoms with Crippen molar-refractivity contribution >= 4 is 12.2 Å². The zero-order valence-electron chi connectivity index (χ0n) is 9.40. The Balaban J connectivity index is 2.49. The Bertz CT molecular complexity index is 541. The van der Waals surface area contributed by atoms with Gasteiger partial charge in [-0.15, -0.1) is 0 Å². The summed E-state index contributed by atoms with van der Waals surface area (Å²) < 4.78 is 2.54. The normalized spacial score (nSPS) is 10.6. The highest BCUT2D eigenvalue weighted by Crippen LogP contribution is 2.14. The number of aromatic amines is 1. The van der Waals surface area contributed by atoms with Gasteiger partial charge in [-0.2, -0.15) is 0 Å². The lowest BCUT2D eigenvalue weighted by atomic mass is 10.2. The van der Waals surface area contributed by atoms with E-state index in [0.717, 1.165) is 30.1 Å². The number of nitrogens with zero attached hydrogens (tertiary/aromatic N) is 3. The molecule has 2 heterocycles. The largest absolute Gasteiger partial charge is 0.342 e. The lowest BCUT2D eigenvalue weighted by Crippen LogP contribution is -1.99. The average molecular weight is 234 g/mol. The second-order valence-corrected chi connectivity index (χ2v) is 4.15. The molecule has 5 heteroatoms. The number of aromatic nitrogens is 4. The van der Waals surface area contributed by atoms with Crippen LogP contribution in [0, 0.1) is 4.64 Å². The van der Waals surface area contributed by atoms with E-state index >= 15 is 0 Å². The summed E-state index contributed by atoms with van der Waals surface area (Å²) in [6.07, 6.45) is 5.60. The van der Waals surface area contributed by atoms with Crippen molar-refractivity contribution in [3.8, 4) is 11.5 Å². The van der Waals surface area contributed by atoms with Crippen molar-refractivity contribution in [2.75, 3.05) is 0 Å². The molecule has 0 amide bonds. The number of imidazole rings is 1. The van der Waals surface area contributed by atoms with Crippen LogP contribution < -0.4 is 0 Å². The molecule has 0 spiro atoms. The average Bonchev–Trinajstić information content (AvgIpc) is 2.64. The summed E-state index contributed by atoms with van der Waals surface area (Å²) in [5, 5.41) is 0. The molecule has 0 atom stereocenters. The number of hydrogen-bond donors (Lipinski definition) is 1. The van der Waals surface area contributed by atoms with Crippen LogP contribution in [0.25, 0.3) is 11.5 Å². The van der Waals surface area contributed by atoms with Gasteiger partial charge in [-0.25, -0.2) is 9.97 Å². The smallest absolute Gasteiger partial charge is 0.157 e. The van der Waals surface area contributed by atoms with Crippen LogP contribution >= 0.6 is 12.2 Å². The highest BCUT2D eigenvalue weighted by molar-refractivity contribution is 7.71. The van der Waals surface area contributed by atoms with Crippen LogP contribution in [-0.2, 0) is 13.5 Å². The van der Waals surface area contributed by atoms with E-state index in [-0.39, 0.29) is 0 Å². The first-order valence-corrected chi connectivity index (χ1v) is 5.68. The summed E-state index contributed by atoms with van der Waals surface area (Å²) in [5.41, 5.74) is 2.07. The second kappa shape index (κ2) is 4.57. The molecule has 2 rings (SSSR count). The van der Waals surface area contributed by atoms with E-state index < -0.39 is 0 Å². The monoisotopic (exact) mass is 234 g/mol. The molecule has 0 aromatic carbocycles. The minimum Gasteiger partial charge on any atom is -0.342 e. The van der Waals surface area contributed by atoms with Crippen molar-refractivity contribution in [3.05, 3.63) is 28.9 Å². The van der Waals surface area contributed by atoms with Gasteiger partial charge >= 0.3 is 0 Å². The third kappa shape index (κ3) is 2.19. The van der Waals surface area contributed by atoms with E-state index in [1.54, 1.807) is 12.5 Å². The summed E-state index contributed by atoms with van der Waals surface area (Å²) >= 11 is 5.16. The molecule has 0 aliphatic rings. The fourth-order valence-corrected chi connectivity index (χ4v) is 1.85. The van der Waals surface area contributed by atoms with Crippen molar-refractivity contribution in [2.24, 2.45) is 7.05 Å². The van der Waals surface area contributed by atoms with E-state index in [0.29, 0.717) is 4.64 Å². The molecule has 0 saturated carbocycles. The SMILES string of the molecule is CCCc1cc(=S)nc(-c2cncn2C)[nH]1. The van der Waals surface area contributed by atoms with Gasteiger partial charge in [-0.05, 0) is 12.5 Å².